The normalized spacial score (nSPS) is 14.1. The molecule has 5 nitrogen and oxygen atoms in total. The number of benzene rings is 1. The Hall–Kier alpha value is -2.86. The molecule has 0 saturated carbocycles. The van der Waals surface area contributed by atoms with Gasteiger partial charge in [-0.1, -0.05) is 13.0 Å². The van der Waals surface area contributed by atoms with Crippen molar-refractivity contribution in [3.63, 3.8) is 0 Å². The van der Waals surface area contributed by atoms with Gasteiger partial charge in [-0.3, -0.25) is 14.7 Å². The van der Waals surface area contributed by atoms with Crippen molar-refractivity contribution in [2.75, 3.05) is 6.54 Å². The van der Waals surface area contributed by atoms with E-state index in [0.717, 1.165) is 59.8 Å². The third-order valence-electron chi connectivity index (χ3n) is 5.02. The zero-order valence-corrected chi connectivity index (χ0v) is 15.9. The monoisotopic (exact) mass is 378 g/mol. The predicted octanol–water partition coefficient (Wildman–Crippen LogP) is 3.48. The van der Waals surface area contributed by atoms with Gasteiger partial charge < -0.3 is 4.98 Å². The van der Waals surface area contributed by atoms with Gasteiger partial charge in [-0.25, -0.2) is 9.37 Å². The second-order valence-corrected chi connectivity index (χ2v) is 7.17. The summed E-state index contributed by atoms with van der Waals surface area (Å²) in [6.07, 6.45) is 2.53. The summed E-state index contributed by atoms with van der Waals surface area (Å²) < 4.78 is 13.2. The van der Waals surface area contributed by atoms with E-state index in [1.807, 2.05) is 18.2 Å². The summed E-state index contributed by atoms with van der Waals surface area (Å²) >= 11 is 0. The van der Waals surface area contributed by atoms with Crippen LogP contribution in [-0.2, 0) is 25.9 Å². The van der Waals surface area contributed by atoms with Crippen LogP contribution in [0.2, 0.25) is 0 Å². The minimum absolute atomic E-state index is 0.0221. The van der Waals surface area contributed by atoms with Crippen LogP contribution < -0.4 is 5.56 Å². The molecule has 0 spiro atoms. The quantitative estimate of drug-likeness (QED) is 0.738. The molecule has 0 atom stereocenters. The standard InChI is InChI=1S/C22H23FN4O/c1-2-4-21-25-20-11-12-27(14-18(20)22(28)26-21)13-17-5-3-6-19(24-17)15-7-9-16(23)10-8-15/h3,5-10H,2,4,11-14H2,1H3,(H,25,26,28). The first-order valence-electron chi connectivity index (χ1n) is 9.67. The highest BCUT2D eigenvalue weighted by molar-refractivity contribution is 5.58. The lowest BCUT2D eigenvalue weighted by Crippen LogP contribution is -2.36. The minimum atomic E-state index is -0.257. The van der Waals surface area contributed by atoms with Crippen molar-refractivity contribution in [1.29, 1.82) is 0 Å². The number of rotatable bonds is 5. The summed E-state index contributed by atoms with van der Waals surface area (Å²) in [7, 11) is 0. The Morgan fingerprint density at radius 1 is 1.14 bits per heavy atom. The van der Waals surface area contributed by atoms with Crippen molar-refractivity contribution < 1.29 is 4.39 Å². The van der Waals surface area contributed by atoms with E-state index in [-0.39, 0.29) is 11.4 Å². The molecule has 3 aromatic rings. The van der Waals surface area contributed by atoms with Gasteiger partial charge in [0.05, 0.1) is 22.6 Å². The molecule has 3 heterocycles. The molecular formula is C22H23FN4O. The van der Waals surface area contributed by atoms with Gasteiger partial charge in [0.25, 0.3) is 5.56 Å². The van der Waals surface area contributed by atoms with Crippen LogP contribution in [0.3, 0.4) is 0 Å². The predicted molar refractivity (Wildman–Crippen MR) is 106 cm³/mol. The highest BCUT2D eigenvalue weighted by Crippen LogP contribution is 2.20. The van der Waals surface area contributed by atoms with Crippen molar-refractivity contribution in [3.05, 3.63) is 81.4 Å². The fourth-order valence-electron chi connectivity index (χ4n) is 3.60. The van der Waals surface area contributed by atoms with E-state index < -0.39 is 0 Å². The van der Waals surface area contributed by atoms with E-state index in [4.69, 9.17) is 4.98 Å². The molecule has 4 rings (SSSR count). The number of hydrogen-bond donors (Lipinski definition) is 1. The van der Waals surface area contributed by atoms with Crippen molar-refractivity contribution in [1.82, 2.24) is 19.9 Å². The highest BCUT2D eigenvalue weighted by Gasteiger charge is 2.21. The van der Waals surface area contributed by atoms with Gasteiger partial charge in [0.2, 0.25) is 0 Å². The van der Waals surface area contributed by atoms with Gasteiger partial charge in [0.1, 0.15) is 11.6 Å². The number of fused-ring (bicyclic) bond motifs is 1. The molecule has 6 heteroatoms. The lowest BCUT2D eigenvalue weighted by molar-refractivity contribution is 0.238. The fourth-order valence-corrected chi connectivity index (χ4v) is 3.60. The number of nitrogens with zero attached hydrogens (tertiary/aromatic N) is 3. The summed E-state index contributed by atoms with van der Waals surface area (Å²) in [5.74, 6) is 0.529. The van der Waals surface area contributed by atoms with Crippen molar-refractivity contribution >= 4 is 0 Å². The molecular weight excluding hydrogens is 355 g/mol. The lowest BCUT2D eigenvalue weighted by atomic mass is 10.1. The van der Waals surface area contributed by atoms with Crippen LogP contribution in [0.1, 0.15) is 36.1 Å². The van der Waals surface area contributed by atoms with Crippen LogP contribution in [-0.4, -0.2) is 26.4 Å². The average Bonchev–Trinajstić information content (AvgIpc) is 2.70. The summed E-state index contributed by atoms with van der Waals surface area (Å²) in [5, 5.41) is 0. The molecule has 1 aromatic carbocycles. The van der Waals surface area contributed by atoms with Crippen molar-refractivity contribution in [2.45, 2.75) is 39.3 Å². The van der Waals surface area contributed by atoms with Crippen LogP contribution in [0.15, 0.2) is 47.3 Å². The molecule has 0 aliphatic carbocycles. The summed E-state index contributed by atoms with van der Waals surface area (Å²) in [6, 6.07) is 12.2. The summed E-state index contributed by atoms with van der Waals surface area (Å²) in [5.41, 5.74) is 4.30. The van der Waals surface area contributed by atoms with Gasteiger partial charge in [-0.2, -0.15) is 0 Å². The van der Waals surface area contributed by atoms with Gasteiger partial charge in [-0.15, -0.1) is 0 Å². The maximum Gasteiger partial charge on any atom is 0.255 e. The second kappa shape index (κ2) is 8.02. The molecule has 28 heavy (non-hydrogen) atoms. The van der Waals surface area contributed by atoms with E-state index in [1.165, 1.54) is 12.1 Å². The molecule has 2 aromatic heterocycles. The first-order chi connectivity index (χ1) is 13.6. The molecule has 0 bridgehead atoms. The Morgan fingerprint density at radius 2 is 1.96 bits per heavy atom. The van der Waals surface area contributed by atoms with E-state index in [2.05, 4.69) is 21.8 Å². The van der Waals surface area contributed by atoms with Crippen molar-refractivity contribution in [2.24, 2.45) is 0 Å². The molecule has 144 valence electrons. The lowest BCUT2D eigenvalue weighted by Gasteiger charge is -2.27. The zero-order chi connectivity index (χ0) is 19.5. The molecule has 0 saturated heterocycles. The summed E-state index contributed by atoms with van der Waals surface area (Å²) in [6.45, 7) is 4.16. The van der Waals surface area contributed by atoms with Gasteiger partial charge >= 0.3 is 0 Å². The fraction of sp³-hybridized carbons (Fsp3) is 0.318. The summed E-state index contributed by atoms with van der Waals surface area (Å²) in [4.78, 5) is 26.9. The number of nitrogens with one attached hydrogen (secondary N) is 1. The number of aromatic nitrogens is 3. The molecule has 1 aliphatic heterocycles. The van der Waals surface area contributed by atoms with Crippen LogP contribution in [0.4, 0.5) is 4.39 Å². The Morgan fingerprint density at radius 3 is 2.75 bits per heavy atom. The molecule has 0 amide bonds. The van der Waals surface area contributed by atoms with Crippen LogP contribution >= 0.6 is 0 Å². The Labute approximate surface area is 163 Å². The number of aryl methyl sites for hydroxylation is 1. The third-order valence-corrected chi connectivity index (χ3v) is 5.02. The van der Waals surface area contributed by atoms with Crippen LogP contribution in [0.5, 0.6) is 0 Å². The third kappa shape index (κ3) is 4.02. The van der Waals surface area contributed by atoms with Crippen molar-refractivity contribution in [3.8, 4) is 11.3 Å². The SMILES string of the molecule is CCCc1nc2c(c(=O)[nH]1)CN(Cc1cccc(-c3ccc(F)cc3)n1)CC2. The maximum absolute atomic E-state index is 13.2. The van der Waals surface area contributed by atoms with E-state index in [0.29, 0.717) is 13.1 Å². The number of H-pyrrole nitrogens is 1. The molecule has 0 fully saturated rings. The zero-order valence-electron chi connectivity index (χ0n) is 15.9. The first kappa shape index (κ1) is 18.5. The van der Waals surface area contributed by atoms with Gasteiger partial charge in [0, 0.05) is 38.0 Å². The van der Waals surface area contributed by atoms with Crippen LogP contribution in [0.25, 0.3) is 11.3 Å². The number of halogens is 1. The number of aromatic amines is 1. The van der Waals surface area contributed by atoms with E-state index >= 15 is 0 Å². The molecule has 0 radical (unpaired) electrons. The first-order valence-corrected chi connectivity index (χ1v) is 9.67. The van der Waals surface area contributed by atoms with Crippen LogP contribution in [0, 0.1) is 5.82 Å². The number of hydrogen-bond acceptors (Lipinski definition) is 4. The largest absolute Gasteiger partial charge is 0.310 e. The Kier molecular flexibility index (Phi) is 5.30. The average molecular weight is 378 g/mol. The van der Waals surface area contributed by atoms with E-state index in [1.54, 1.807) is 12.1 Å². The van der Waals surface area contributed by atoms with E-state index in [9.17, 15) is 9.18 Å². The maximum atomic E-state index is 13.2. The topological polar surface area (TPSA) is 61.9 Å². The molecule has 1 N–H and O–H groups in total. The smallest absolute Gasteiger partial charge is 0.255 e. The Bertz CT molecular complexity index is 1030. The highest BCUT2D eigenvalue weighted by atomic mass is 19.1. The molecule has 0 unspecified atom stereocenters. The second-order valence-electron chi connectivity index (χ2n) is 7.17. The van der Waals surface area contributed by atoms with Gasteiger partial charge in [-0.05, 0) is 42.8 Å². The molecule has 1 aliphatic rings. The minimum Gasteiger partial charge on any atom is -0.310 e. The van der Waals surface area contributed by atoms with Gasteiger partial charge in [0.15, 0.2) is 0 Å². The number of pyridine rings is 1. The Balaban J connectivity index is 1.51.